The number of hydrogen-bond donors (Lipinski definition) is 1. The Kier molecular flexibility index (Phi) is 4.02. The van der Waals surface area contributed by atoms with E-state index in [0.29, 0.717) is 12.1 Å². The number of halogens is 2. The van der Waals surface area contributed by atoms with E-state index in [9.17, 15) is 4.79 Å². The molecule has 1 fully saturated rings. The third-order valence-electron chi connectivity index (χ3n) is 4.27. The Morgan fingerprint density at radius 2 is 2.21 bits per heavy atom. The minimum atomic E-state index is -0.114. The lowest BCUT2D eigenvalue weighted by Crippen LogP contribution is -2.31. The molecule has 0 saturated carbocycles. The molecule has 0 spiro atoms. The second-order valence-corrected chi connectivity index (χ2v) is 7.06. The summed E-state index contributed by atoms with van der Waals surface area (Å²) in [6.45, 7) is 0.684. The normalized spacial score (nSPS) is 17.6. The lowest BCUT2D eigenvalue weighted by molar-refractivity contribution is 0.0730. The van der Waals surface area contributed by atoms with Gasteiger partial charge in [0.1, 0.15) is 11.0 Å². The lowest BCUT2D eigenvalue weighted by atomic mass is 10.2. The van der Waals surface area contributed by atoms with E-state index in [-0.39, 0.29) is 17.1 Å². The third-order valence-corrected chi connectivity index (χ3v) is 5.01. The van der Waals surface area contributed by atoms with Crippen molar-refractivity contribution in [3.8, 4) is 0 Å². The summed E-state index contributed by atoms with van der Waals surface area (Å²) in [5, 5.41) is 0.221. The molecule has 1 unspecified atom stereocenters. The van der Waals surface area contributed by atoms with Gasteiger partial charge in [0.2, 0.25) is 0 Å². The van der Waals surface area contributed by atoms with Crippen LogP contribution in [0.3, 0.4) is 0 Å². The summed E-state index contributed by atoms with van der Waals surface area (Å²) in [5.74, 6) is 0.706. The van der Waals surface area contributed by atoms with Crippen molar-refractivity contribution in [2.75, 3.05) is 6.54 Å². The zero-order valence-corrected chi connectivity index (χ0v) is 15.0. The number of para-hydroxylation sites is 2. The van der Waals surface area contributed by atoms with Gasteiger partial charge in [-0.05, 0) is 47.0 Å². The fourth-order valence-electron chi connectivity index (χ4n) is 3.15. The van der Waals surface area contributed by atoms with Gasteiger partial charge in [-0.15, -0.1) is 0 Å². The predicted octanol–water partition coefficient (Wildman–Crippen LogP) is 4.35. The highest BCUT2D eigenvalue weighted by molar-refractivity contribution is 9.10. The summed E-state index contributed by atoms with van der Waals surface area (Å²) < 4.78 is 0.731. The zero-order valence-electron chi connectivity index (χ0n) is 12.7. The fourth-order valence-corrected chi connectivity index (χ4v) is 3.67. The van der Waals surface area contributed by atoms with E-state index in [1.54, 1.807) is 12.3 Å². The van der Waals surface area contributed by atoms with Crippen molar-refractivity contribution in [3.05, 3.63) is 57.5 Å². The smallest absolute Gasteiger partial charge is 0.257 e. The maximum absolute atomic E-state index is 13.0. The largest absolute Gasteiger partial charge is 0.340 e. The van der Waals surface area contributed by atoms with Gasteiger partial charge < -0.3 is 9.88 Å². The number of imidazole rings is 1. The summed E-state index contributed by atoms with van der Waals surface area (Å²) in [6, 6.07) is 9.52. The maximum Gasteiger partial charge on any atom is 0.257 e. The van der Waals surface area contributed by atoms with Crippen LogP contribution in [0, 0.1) is 0 Å². The van der Waals surface area contributed by atoms with Crippen LogP contribution in [0.15, 0.2) is 41.0 Å². The Labute approximate surface area is 152 Å². The van der Waals surface area contributed by atoms with Crippen LogP contribution < -0.4 is 0 Å². The Hall–Kier alpha value is -1.92. The van der Waals surface area contributed by atoms with Crippen LogP contribution >= 0.6 is 27.5 Å². The molecule has 3 heterocycles. The molecule has 0 aliphatic carbocycles. The molecule has 1 amide bonds. The second-order valence-electron chi connectivity index (χ2n) is 5.79. The summed E-state index contributed by atoms with van der Waals surface area (Å²) in [4.78, 5) is 26.8. The van der Waals surface area contributed by atoms with Crippen molar-refractivity contribution in [2.45, 2.75) is 18.9 Å². The molecule has 24 heavy (non-hydrogen) atoms. The van der Waals surface area contributed by atoms with Crippen molar-refractivity contribution in [1.29, 1.82) is 0 Å². The van der Waals surface area contributed by atoms with Gasteiger partial charge in [0.05, 0.1) is 22.6 Å². The van der Waals surface area contributed by atoms with Gasteiger partial charge >= 0.3 is 0 Å². The summed E-state index contributed by atoms with van der Waals surface area (Å²) in [7, 11) is 0. The Bertz CT molecular complexity index is 893. The molecule has 1 N–H and O–H groups in total. The van der Waals surface area contributed by atoms with E-state index in [1.807, 2.05) is 29.2 Å². The molecular formula is C17H14BrClN4O. The van der Waals surface area contributed by atoms with Gasteiger partial charge in [-0.1, -0.05) is 23.7 Å². The first kappa shape index (κ1) is 15.6. The fraction of sp³-hybridized carbons (Fsp3) is 0.235. The van der Waals surface area contributed by atoms with Crippen molar-refractivity contribution >= 4 is 44.5 Å². The molecule has 1 atom stereocenters. The number of carbonyl (C=O) groups is 1. The topological polar surface area (TPSA) is 61.9 Å². The Balaban J connectivity index is 1.69. The number of benzene rings is 1. The highest BCUT2D eigenvalue weighted by Gasteiger charge is 2.33. The van der Waals surface area contributed by atoms with Crippen LogP contribution in [0.1, 0.15) is 35.1 Å². The van der Waals surface area contributed by atoms with E-state index >= 15 is 0 Å². The number of carbonyl (C=O) groups excluding carboxylic acids is 1. The number of nitrogens with one attached hydrogen (secondary N) is 1. The molecule has 3 aromatic rings. The first-order valence-electron chi connectivity index (χ1n) is 7.70. The van der Waals surface area contributed by atoms with E-state index in [4.69, 9.17) is 11.6 Å². The van der Waals surface area contributed by atoms with Crippen molar-refractivity contribution in [3.63, 3.8) is 0 Å². The number of H-pyrrole nitrogens is 1. The number of aromatic nitrogens is 3. The number of nitrogens with zero attached hydrogens (tertiary/aromatic N) is 3. The minimum absolute atomic E-state index is 0.0695. The number of amides is 1. The average Bonchev–Trinajstić information content (AvgIpc) is 3.22. The Morgan fingerprint density at radius 1 is 1.38 bits per heavy atom. The molecule has 2 aromatic heterocycles. The molecule has 1 aliphatic rings. The average molecular weight is 406 g/mol. The Morgan fingerprint density at radius 3 is 3.04 bits per heavy atom. The van der Waals surface area contributed by atoms with Crippen molar-refractivity contribution in [1.82, 2.24) is 19.9 Å². The molecule has 5 nitrogen and oxygen atoms in total. The van der Waals surface area contributed by atoms with Crippen LogP contribution in [0.5, 0.6) is 0 Å². The minimum Gasteiger partial charge on any atom is -0.340 e. The van der Waals surface area contributed by atoms with Crippen molar-refractivity contribution in [2.24, 2.45) is 0 Å². The number of fused-ring (bicyclic) bond motifs is 1. The highest BCUT2D eigenvalue weighted by Crippen LogP contribution is 2.33. The van der Waals surface area contributed by atoms with Crippen LogP contribution in [0.4, 0.5) is 0 Å². The molecule has 4 rings (SSSR count). The van der Waals surface area contributed by atoms with Crippen molar-refractivity contribution < 1.29 is 4.79 Å². The predicted molar refractivity (Wildman–Crippen MR) is 96.1 cm³/mol. The van der Waals surface area contributed by atoms with Gasteiger partial charge in [-0.25, -0.2) is 9.97 Å². The van der Waals surface area contributed by atoms with Crippen LogP contribution in [0.25, 0.3) is 11.0 Å². The van der Waals surface area contributed by atoms with E-state index in [1.165, 1.54) is 0 Å². The number of rotatable bonds is 2. The molecule has 0 radical (unpaired) electrons. The van der Waals surface area contributed by atoms with Gasteiger partial charge in [0.25, 0.3) is 5.91 Å². The second kappa shape index (κ2) is 6.18. The van der Waals surface area contributed by atoms with Crippen LogP contribution in [-0.2, 0) is 0 Å². The monoisotopic (exact) mass is 404 g/mol. The van der Waals surface area contributed by atoms with Crippen LogP contribution in [0.2, 0.25) is 5.15 Å². The van der Waals surface area contributed by atoms with E-state index in [0.717, 1.165) is 34.2 Å². The summed E-state index contributed by atoms with van der Waals surface area (Å²) >= 11 is 9.47. The maximum atomic E-state index is 13.0. The number of aromatic amines is 1. The van der Waals surface area contributed by atoms with Gasteiger partial charge in [-0.2, -0.15) is 0 Å². The molecule has 122 valence electrons. The lowest BCUT2D eigenvalue weighted by Gasteiger charge is -2.23. The van der Waals surface area contributed by atoms with Gasteiger partial charge in [0, 0.05) is 17.2 Å². The number of pyridine rings is 1. The number of likely N-dealkylation sites (tertiary alicyclic amines) is 1. The quantitative estimate of drug-likeness (QED) is 0.645. The molecule has 7 heteroatoms. The zero-order chi connectivity index (χ0) is 16.7. The summed E-state index contributed by atoms with van der Waals surface area (Å²) in [6.07, 6.45) is 3.40. The molecular weight excluding hydrogens is 392 g/mol. The number of hydrogen-bond acceptors (Lipinski definition) is 3. The SMILES string of the molecule is O=C(c1cc(Br)cnc1Cl)N1CCCC1c1nc2ccccc2[nH]1. The first-order chi connectivity index (χ1) is 11.6. The highest BCUT2D eigenvalue weighted by atomic mass is 79.9. The van der Waals surface area contributed by atoms with E-state index < -0.39 is 0 Å². The summed E-state index contributed by atoms with van der Waals surface area (Å²) in [5.41, 5.74) is 2.30. The standard InChI is InChI=1S/C17H14BrClN4O/c18-10-8-11(15(19)20-9-10)17(24)23-7-3-6-14(23)16-21-12-4-1-2-5-13(12)22-16/h1-2,4-5,8-9,14H,3,6-7H2,(H,21,22). The first-order valence-corrected chi connectivity index (χ1v) is 8.87. The third kappa shape index (κ3) is 2.70. The van der Waals surface area contributed by atoms with E-state index in [2.05, 4.69) is 30.9 Å². The van der Waals surface area contributed by atoms with Gasteiger partial charge in [-0.3, -0.25) is 4.79 Å². The molecule has 0 bridgehead atoms. The molecule has 1 aromatic carbocycles. The van der Waals surface area contributed by atoms with Crippen LogP contribution in [-0.4, -0.2) is 32.3 Å². The molecule has 1 saturated heterocycles. The van der Waals surface area contributed by atoms with Gasteiger partial charge in [0.15, 0.2) is 0 Å². The molecule has 1 aliphatic heterocycles.